The van der Waals surface area contributed by atoms with Gasteiger partial charge in [-0.05, 0) is 42.0 Å². The van der Waals surface area contributed by atoms with E-state index in [1.165, 1.54) is 4.88 Å². The molecular formula is C18H21NO4S. The van der Waals surface area contributed by atoms with Crippen molar-refractivity contribution in [3.8, 4) is 5.75 Å². The van der Waals surface area contributed by atoms with Crippen LogP contribution in [0.3, 0.4) is 0 Å². The second kappa shape index (κ2) is 9.72. The smallest absolute Gasteiger partial charge is 0.306 e. The van der Waals surface area contributed by atoms with Gasteiger partial charge in [-0.3, -0.25) is 9.59 Å². The topological polar surface area (TPSA) is 64.6 Å². The molecule has 0 unspecified atom stereocenters. The number of esters is 1. The molecule has 2 aromatic rings. The van der Waals surface area contributed by atoms with Crippen LogP contribution in [0.15, 0.2) is 41.8 Å². The minimum atomic E-state index is -0.376. The van der Waals surface area contributed by atoms with Gasteiger partial charge in [0.2, 0.25) is 0 Å². The quantitative estimate of drug-likeness (QED) is 0.708. The molecular weight excluding hydrogens is 326 g/mol. The average Bonchev–Trinajstić information content (AvgIpc) is 3.12. The number of rotatable bonds is 9. The molecule has 0 bridgehead atoms. The molecule has 0 spiro atoms. The highest BCUT2D eigenvalue weighted by atomic mass is 32.1. The second-order valence-corrected chi connectivity index (χ2v) is 6.22. The lowest BCUT2D eigenvalue weighted by Gasteiger charge is -2.06. The van der Waals surface area contributed by atoms with Crippen LogP contribution >= 0.6 is 11.3 Å². The summed E-state index contributed by atoms with van der Waals surface area (Å²) in [7, 11) is 1.61. The lowest BCUT2D eigenvalue weighted by Crippen LogP contribution is -2.30. The van der Waals surface area contributed by atoms with Crippen molar-refractivity contribution in [2.75, 3.05) is 20.3 Å². The number of methoxy groups -OCH3 is 1. The number of hydrogen-bond acceptors (Lipinski definition) is 5. The Kier molecular flexibility index (Phi) is 7.29. The number of aryl methyl sites for hydroxylation is 1. The molecule has 2 rings (SSSR count). The van der Waals surface area contributed by atoms with Crippen LogP contribution in [0, 0.1) is 0 Å². The summed E-state index contributed by atoms with van der Waals surface area (Å²) in [4.78, 5) is 24.5. The molecule has 0 aliphatic carbocycles. The molecule has 1 heterocycles. The maximum absolute atomic E-state index is 11.7. The summed E-state index contributed by atoms with van der Waals surface area (Å²) in [5, 5.41) is 4.74. The molecule has 24 heavy (non-hydrogen) atoms. The van der Waals surface area contributed by atoms with Gasteiger partial charge >= 0.3 is 5.97 Å². The molecule has 1 N–H and O–H groups in total. The molecule has 6 heteroatoms. The van der Waals surface area contributed by atoms with E-state index < -0.39 is 0 Å². The molecule has 1 amide bonds. The molecule has 128 valence electrons. The van der Waals surface area contributed by atoms with Crippen LogP contribution in [-0.4, -0.2) is 32.1 Å². The van der Waals surface area contributed by atoms with E-state index in [2.05, 4.69) is 5.32 Å². The highest BCUT2D eigenvalue weighted by Gasteiger charge is 2.08. The number of carbonyl (C=O) groups is 2. The normalized spacial score (nSPS) is 10.2. The van der Waals surface area contributed by atoms with Gasteiger partial charge in [-0.2, -0.15) is 0 Å². The van der Waals surface area contributed by atoms with E-state index in [1.807, 2.05) is 41.8 Å². The van der Waals surface area contributed by atoms with Gasteiger partial charge < -0.3 is 14.8 Å². The number of ether oxygens (including phenoxy) is 2. The predicted octanol–water partition coefficient (Wildman–Crippen LogP) is 2.59. The molecule has 1 aromatic carbocycles. The Balaban J connectivity index is 1.58. The second-order valence-electron chi connectivity index (χ2n) is 5.19. The van der Waals surface area contributed by atoms with Crippen LogP contribution < -0.4 is 10.1 Å². The third kappa shape index (κ3) is 6.42. The standard InChI is InChI=1S/C18H21NO4S/c1-22-15-7-4-14(5-8-15)6-9-18(21)23-13-17(20)19-11-10-16-3-2-12-24-16/h2-5,7-8,12H,6,9-11,13H2,1H3,(H,19,20). The fourth-order valence-electron chi connectivity index (χ4n) is 2.09. The summed E-state index contributed by atoms with van der Waals surface area (Å²) < 4.78 is 10.1. The summed E-state index contributed by atoms with van der Waals surface area (Å²) in [6.07, 6.45) is 1.60. The van der Waals surface area contributed by atoms with Crippen molar-refractivity contribution in [2.24, 2.45) is 0 Å². The Labute approximate surface area is 145 Å². The number of hydrogen-bond donors (Lipinski definition) is 1. The number of amides is 1. The third-order valence-electron chi connectivity index (χ3n) is 3.41. The van der Waals surface area contributed by atoms with E-state index in [-0.39, 0.29) is 24.9 Å². The Hall–Kier alpha value is -2.34. The molecule has 0 atom stereocenters. The van der Waals surface area contributed by atoms with E-state index in [0.29, 0.717) is 13.0 Å². The first-order valence-corrected chi connectivity index (χ1v) is 8.63. The number of nitrogens with one attached hydrogen (secondary N) is 1. The summed E-state index contributed by atoms with van der Waals surface area (Å²) >= 11 is 1.66. The summed E-state index contributed by atoms with van der Waals surface area (Å²) in [5.74, 6) is 0.129. The third-order valence-corrected chi connectivity index (χ3v) is 4.35. The van der Waals surface area contributed by atoms with E-state index in [1.54, 1.807) is 18.4 Å². The monoisotopic (exact) mass is 347 g/mol. The summed E-state index contributed by atoms with van der Waals surface area (Å²) in [5.41, 5.74) is 1.02. The molecule has 0 radical (unpaired) electrons. The highest BCUT2D eigenvalue weighted by Crippen LogP contribution is 2.12. The van der Waals surface area contributed by atoms with E-state index in [0.717, 1.165) is 17.7 Å². The zero-order valence-electron chi connectivity index (χ0n) is 13.6. The Bertz CT molecular complexity index is 638. The molecule has 0 fully saturated rings. The molecule has 0 saturated carbocycles. The van der Waals surface area contributed by atoms with Gasteiger partial charge in [-0.1, -0.05) is 18.2 Å². The lowest BCUT2D eigenvalue weighted by molar-refractivity contribution is -0.148. The van der Waals surface area contributed by atoms with Crippen LogP contribution in [0.2, 0.25) is 0 Å². The predicted molar refractivity (Wildman–Crippen MR) is 93.3 cm³/mol. The number of carbonyl (C=O) groups excluding carboxylic acids is 2. The maximum atomic E-state index is 11.7. The van der Waals surface area contributed by atoms with Crippen LogP contribution in [0.25, 0.3) is 0 Å². The zero-order chi connectivity index (χ0) is 17.2. The van der Waals surface area contributed by atoms with Crippen molar-refractivity contribution in [1.29, 1.82) is 0 Å². The van der Waals surface area contributed by atoms with Gasteiger partial charge in [0.25, 0.3) is 5.91 Å². The van der Waals surface area contributed by atoms with Crippen LogP contribution in [0.4, 0.5) is 0 Å². The van der Waals surface area contributed by atoms with Crippen molar-refractivity contribution in [1.82, 2.24) is 5.32 Å². The van der Waals surface area contributed by atoms with E-state index in [9.17, 15) is 9.59 Å². The Morgan fingerprint density at radius 1 is 1.12 bits per heavy atom. The van der Waals surface area contributed by atoms with Crippen molar-refractivity contribution in [3.05, 3.63) is 52.2 Å². The molecule has 1 aromatic heterocycles. The van der Waals surface area contributed by atoms with Crippen molar-refractivity contribution in [2.45, 2.75) is 19.3 Å². The van der Waals surface area contributed by atoms with E-state index in [4.69, 9.17) is 9.47 Å². The summed E-state index contributed by atoms with van der Waals surface area (Å²) in [6, 6.07) is 11.5. The van der Waals surface area contributed by atoms with Crippen LogP contribution in [-0.2, 0) is 27.2 Å². The van der Waals surface area contributed by atoms with Crippen LogP contribution in [0.5, 0.6) is 5.75 Å². The largest absolute Gasteiger partial charge is 0.497 e. The van der Waals surface area contributed by atoms with Gasteiger partial charge in [0.15, 0.2) is 6.61 Å². The first-order chi connectivity index (χ1) is 11.7. The first-order valence-electron chi connectivity index (χ1n) is 7.75. The molecule has 0 aliphatic heterocycles. The minimum absolute atomic E-state index is 0.230. The van der Waals surface area contributed by atoms with Crippen molar-refractivity contribution in [3.63, 3.8) is 0 Å². The van der Waals surface area contributed by atoms with Crippen LogP contribution in [0.1, 0.15) is 16.9 Å². The number of benzene rings is 1. The first kappa shape index (κ1) is 18.0. The fourth-order valence-corrected chi connectivity index (χ4v) is 2.80. The Morgan fingerprint density at radius 2 is 1.92 bits per heavy atom. The van der Waals surface area contributed by atoms with Gasteiger partial charge in [-0.25, -0.2) is 0 Å². The Morgan fingerprint density at radius 3 is 2.58 bits per heavy atom. The van der Waals surface area contributed by atoms with Gasteiger partial charge in [-0.15, -0.1) is 11.3 Å². The summed E-state index contributed by atoms with van der Waals surface area (Å²) in [6.45, 7) is 0.314. The molecule has 5 nitrogen and oxygen atoms in total. The molecule has 0 aliphatic rings. The lowest BCUT2D eigenvalue weighted by atomic mass is 10.1. The van der Waals surface area contributed by atoms with Crippen molar-refractivity contribution >= 4 is 23.2 Å². The van der Waals surface area contributed by atoms with E-state index >= 15 is 0 Å². The SMILES string of the molecule is COc1ccc(CCC(=O)OCC(=O)NCCc2cccs2)cc1. The number of thiophene rings is 1. The zero-order valence-corrected chi connectivity index (χ0v) is 14.4. The van der Waals surface area contributed by atoms with Gasteiger partial charge in [0.1, 0.15) is 5.75 Å². The van der Waals surface area contributed by atoms with Gasteiger partial charge in [0.05, 0.1) is 7.11 Å². The maximum Gasteiger partial charge on any atom is 0.306 e. The fraction of sp³-hybridized carbons (Fsp3) is 0.333. The van der Waals surface area contributed by atoms with Crippen molar-refractivity contribution < 1.29 is 19.1 Å². The molecule has 0 saturated heterocycles. The average molecular weight is 347 g/mol. The minimum Gasteiger partial charge on any atom is -0.497 e. The highest BCUT2D eigenvalue weighted by molar-refractivity contribution is 7.09. The van der Waals surface area contributed by atoms with Gasteiger partial charge in [0, 0.05) is 17.8 Å².